The number of amides is 2. The number of aromatic nitrogens is 1. The molecule has 31 heavy (non-hydrogen) atoms. The van der Waals surface area contributed by atoms with Gasteiger partial charge in [-0.3, -0.25) is 19.4 Å². The maximum Gasteiger partial charge on any atom is 0.252 e. The molecular weight excluding hydrogens is 414 g/mol. The third-order valence-electron chi connectivity index (χ3n) is 5.92. The second-order valence-electron chi connectivity index (χ2n) is 8.28. The van der Waals surface area contributed by atoms with Crippen LogP contribution in [0.2, 0.25) is 0 Å². The standard InChI is InChI=1S/C23H27N3O4S/c1-15(10-21(28)26-8-2-4-19-22(26)18(27)14-30-19)6-7-25-23(29)17-11-16(12-24-13-17)20-5-3-9-31-20/h3,5,9,11-13,15,19,22H,2,4,6-8,10,14H2,1H3,(H,25,29). The highest BCUT2D eigenvalue weighted by molar-refractivity contribution is 7.13. The molecule has 4 rings (SSSR count). The topological polar surface area (TPSA) is 88.6 Å². The molecule has 2 aliphatic rings. The van der Waals surface area contributed by atoms with Crippen molar-refractivity contribution in [2.24, 2.45) is 5.92 Å². The number of hydrogen-bond donors (Lipinski definition) is 1. The Labute approximate surface area is 185 Å². The van der Waals surface area contributed by atoms with Crippen molar-refractivity contribution in [3.05, 3.63) is 41.5 Å². The van der Waals surface area contributed by atoms with E-state index in [1.165, 1.54) is 0 Å². The summed E-state index contributed by atoms with van der Waals surface area (Å²) in [7, 11) is 0. The van der Waals surface area contributed by atoms with E-state index in [1.54, 1.807) is 28.6 Å². The number of piperidine rings is 1. The van der Waals surface area contributed by atoms with Crippen LogP contribution in [-0.4, -0.2) is 59.3 Å². The van der Waals surface area contributed by atoms with Gasteiger partial charge in [-0.05, 0) is 42.7 Å². The highest BCUT2D eigenvalue weighted by Crippen LogP contribution is 2.28. The van der Waals surface area contributed by atoms with Gasteiger partial charge in [0.2, 0.25) is 5.91 Å². The number of rotatable bonds is 7. The Morgan fingerprint density at radius 2 is 2.26 bits per heavy atom. The van der Waals surface area contributed by atoms with E-state index in [1.807, 2.05) is 30.5 Å². The van der Waals surface area contributed by atoms with Crippen molar-refractivity contribution in [1.82, 2.24) is 15.2 Å². The average Bonchev–Trinajstić information content (AvgIpc) is 3.44. The molecular formula is C23H27N3O4S. The molecule has 2 amide bonds. The lowest BCUT2D eigenvalue weighted by Gasteiger charge is -2.36. The number of carbonyl (C=O) groups excluding carboxylic acids is 3. The predicted molar refractivity (Wildman–Crippen MR) is 118 cm³/mol. The van der Waals surface area contributed by atoms with Crippen LogP contribution >= 0.6 is 11.3 Å². The van der Waals surface area contributed by atoms with Crippen molar-refractivity contribution in [2.45, 2.75) is 44.8 Å². The summed E-state index contributed by atoms with van der Waals surface area (Å²) in [5.41, 5.74) is 1.45. The van der Waals surface area contributed by atoms with Crippen LogP contribution in [0.25, 0.3) is 10.4 Å². The van der Waals surface area contributed by atoms with Gasteiger partial charge in [0.1, 0.15) is 12.6 Å². The molecule has 0 radical (unpaired) electrons. The molecule has 0 spiro atoms. The molecule has 0 aromatic carbocycles. The lowest BCUT2D eigenvalue weighted by Crippen LogP contribution is -2.52. The summed E-state index contributed by atoms with van der Waals surface area (Å²) in [5.74, 6) is -0.0604. The third kappa shape index (κ3) is 5.02. The first-order chi connectivity index (χ1) is 15.0. The van der Waals surface area contributed by atoms with Crippen molar-refractivity contribution < 1.29 is 19.1 Å². The first-order valence-corrected chi connectivity index (χ1v) is 11.6. The highest BCUT2D eigenvalue weighted by Gasteiger charge is 2.44. The normalized spacial score (nSPS) is 21.6. The van der Waals surface area contributed by atoms with Crippen LogP contribution in [0.4, 0.5) is 0 Å². The zero-order valence-corrected chi connectivity index (χ0v) is 18.4. The fourth-order valence-corrected chi connectivity index (χ4v) is 4.97. The van der Waals surface area contributed by atoms with Crippen molar-refractivity contribution in [3.63, 3.8) is 0 Å². The minimum Gasteiger partial charge on any atom is -0.368 e. The lowest BCUT2D eigenvalue weighted by molar-refractivity contribution is -0.141. The molecule has 8 heteroatoms. The summed E-state index contributed by atoms with van der Waals surface area (Å²) in [6.07, 6.45) is 5.92. The van der Waals surface area contributed by atoms with Crippen molar-refractivity contribution >= 4 is 28.9 Å². The van der Waals surface area contributed by atoms with Gasteiger partial charge in [0, 0.05) is 42.3 Å². The van der Waals surface area contributed by atoms with Crippen LogP contribution in [0, 0.1) is 5.92 Å². The van der Waals surface area contributed by atoms with Gasteiger partial charge in [-0.1, -0.05) is 13.0 Å². The monoisotopic (exact) mass is 441 g/mol. The summed E-state index contributed by atoms with van der Waals surface area (Å²) in [6.45, 7) is 3.21. The van der Waals surface area contributed by atoms with Gasteiger partial charge in [0.05, 0.1) is 11.7 Å². The third-order valence-corrected chi connectivity index (χ3v) is 6.84. The van der Waals surface area contributed by atoms with Crippen LogP contribution in [0.5, 0.6) is 0 Å². The summed E-state index contributed by atoms with van der Waals surface area (Å²) in [5, 5.41) is 4.92. The number of hydrogen-bond acceptors (Lipinski definition) is 6. The fourth-order valence-electron chi connectivity index (χ4n) is 4.26. The van der Waals surface area contributed by atoms with Gasteiger partial charge in [-0.25, -0.2) is 0 Å². The van der Waals surface area contributed by atoms with Crippen LogP contribution in [0.1, 0.15) is 43.0 Å². The lowest BCUT2D eigenvalue weighted by atomic mass is 9.95. The van der Waals surface area contributed by atoms with E-state index in [0.29, 0.717) is 31.5 Å². The van der Waals surface area contributed by atoms with E-state index < -0.39 is 6.04 Å². The molecule has 0 saturated carbocycles. The maximum absolute atomic E-state index is 12.8. The Bertz CT molecular complexity index is 946. The number of nitrogens with zero attached hydrogens (tertiary/aromatic N) is 2. The molecule has 1 N–H and O–H groups in total. The number of ketones is 1. The molecule has 3 atom stereocenters. The van der Waals surface area contributed by atoms with Crippen LogP contribution in [-0.2, 0) is 14.3 Å². The second-order valence-corrected chi connectivity index (χ2v) is 9.23. The Morgan fingerprint density at radius 1 is 1.39 bits per heavy atom. The first-order valence-electron chi connectivity index (χ1n) is 10.7. The zero-order chi connectivity index (χ0) is 21.8. The maximum atomic E-state index is 12.8. The van der Waals surface area contributed by atoms with Crippen molar-refractivity contribution in [2.75, 3.05) is 19.7 Å². The molecule has 164 valence electrons. The van der Waals surface area contributed by atoms with E-state index in [-0.39, 0.29) is 36.2 Å². The fraction of sp³-hybridized carbons (Fsp3) is 0.478. The van der Waals surface area contributed by atoms with Gasteiger partial charge in [-0.15, -0.1) is 11.3 Å². The summed E-state index contributed by atoms with van der Waals surface area (Å²) >= 11 is 1.60. The van der Waals surface area contributed by atoms with Crippen LogP contribution in [0.15, 0.2) is 36.0 Å². The minimum absolute atomic E-state index is 0.000209. The first kappa shape index (κ1) is 21.6. The SMILES string of the molecule is CC(CCNC(=O)c1cncc(-c2cccs2)c1)CC(=O)N1CCCC2OCC(=O)C21. The number of fused-ring (bicyclic) bond motifs is 1. The van der Waals surface area contributed by atoms with Gasteiger partial charge in [-0.2, -0.15) is 0 Å². The predicted octanol–water partition coefficient (Wildman–Crippen LogP) is 2.92. The summed E-state index contributed by atoms with van der Waals surface area (Å²) < 4.78 is 5.52. The molecule has 2 aliphatic heterocycles. The molecule has 3 unspecified atom stereocenters. The number of thiophene rings is 1. The van der Waals surface area contributed by atoms with Crippen LogP contribution < -0.4 is 5.32 Å². The van der Waals surface area contributed by atoms with E-state index >= 15 is 0 Å². The van der Waals surface area contributed by atoms with E-state index in [9.17, 15) is 14.4 Å². The van der Waals surface area contributed by atoms with E-state index in [2.05, 4.69) is 10.3 Å². The molecule has 4 heterocycles. The van der Waals surface area contributed by atoms with Crippen LogP contribution in [0.3, 0.4) is 0 Å². The quantitative estimate of drug-likeness (QED) is 0.714. The molecule has 0 bridgehead atoms. The largest absolute Gasteiger partial charge is 0.368 e. The molecule has 2 aromatic rings. The second kappa shape index (κ2) is 9.70. The van der Waals surface area contributed by atoms with Gasteiger partial charge in [0.15, 0.2) is 5.78 Å². The van der Waals surface area contributed by atoms with Gasteiger partial charge in [0.25, 0.3) is 5.91 Å². The van der Waals surface area contributed by atoms with Crippen molar-refractivity contribution in [1.29, 1.82) is 0 Å². The smallest absolute Gasteiger partial charge is 0.252 e. The summed E-state index contributed by atoms with van der Waals surface area (Å²) in [6, 6.07) is 5.40. The van der Waals surface area contributed by atoms with Gasteiger partial charge >= 0.3 is 0 Å². The number of nitrogens with one attached hydrogen (secondary N) is 1. The molecule has 2 fully saturated rings. The Hall–Kier alpha value is -2.58. The Kier molecular flexibility index (Phi) is 6.77. The summed E-state index contributed by atoms with van der Waals surface area (Å²) in [4.78, 5) is 44.4. The number of carbonyl (C=O) groups is 3. The van der Waals surface area contributed by atoms with E-state index in [4.69, 9.17) is 4.74 Å². The molecule has 2 aromatic heterocycles. The minimum atomic E-state index is -0.406. The highest BCUT2D eigenvalue weighted by atomic mass is 32.1. The molecule has 2 saturated heterocycles. The zero-order valence-electron chi connectivity index (χ0n) is 17.6. The Morgan fingerprint density at radius 3 is 3.06 bits per heavy atom. The molecule has 0 aliphatic carbocycles. The number of likely N-dealkylation sites (tertiary alicyclic amines) is 1. The average molecular weight is 442 g/mol. The van der Waals surface area contributed by atoms with Crippen molar-refractivity contribution in [3.8, 4) is 10.4 Å². The number of Topliss-reactive ketones (excluding diaryl/α,β-unsaturated/α-hetero) is 1. The van der Waals surface area contributed by atoms with Gasteiger partial charge < -0.3 is 15.0 Å². The van der Waals surface area contributed by atoms with E-state index in [0.717, 1.165) is 23.3 Å². The number of pyridine rings is 1. The molecule has 7 nitrogen and oxygen atoms in total. The Balaban J connectivity index is 1.25. The number of ether oxygens (including phenoxy) is 1.